The zero-order valence-electron chi connectivity index (χ0n) is 15.3. The number of hydrogen-bond donors (Lipinski definition) is 3. The Morgan fingerprint density at radius 3 is 2.71 bits per heavy atom. The molecule has 2 aromatic rings. The highest BCUT2D eigenvalue weighted by Gasteiger charge is 2.38. The number of carboxylic acid groups (broad SMARTS) is 1. The summed E-state index contributed by atoms with van der Waals surface area (Å²) < 4.78 is 31.7. The van der Waals surface area contributed by atoms with Crippen LogP contribution in [0.25, 0.3) is 10.9 Å². The van der Waals surface area contributed by atoms with Gasteiger partial charge in [0.1, 0.15) is 5.82 Å². The summed E-state index contributed by atoms with van der Waals surface area (Å²) in [4.78, 5) is 28.6. The van der Waals surface area contributed by atoms with Crippen LogP contribution in [-0.2, 0) is 10.5 Å². The first kappa shape index (κ1) is 22.2. The summed E-state index contributed by atoms with van der Waals surface area (Å²) in [5, 5.41) is 11.9. The average Bonchev–Trinajstić information content (AvgIpc) is 2.89. The van der Waals surface area contributed by atoms with Crippen molar-refractivity contribution in [2.75, 3.05) is 13.1 Å². The van der Waals surface area contributed by atoms with E-state index in [-0.39, 0.29) is 5.56 Å². The fourth-order valence-corrected chi connectivity index (χ4v) is 3.92. The number of aromatic amines is 1. The highest BCUT2D eigenvalue weighted by molar-refractivity contribution is 7.99. The first-order chi connectivity index (χ1) is 13.2. The predicted molar refractivity (Wildman–Crippen MR) is 103 cm³/mol. The number of carbonyl (C=O) groups is 1. The third kappa shape index (κ3) is 6.52. The van der Waals surface area contributed by atoms with E-state index in [2.05, 4.69) is 15.3 Å². The van der Waals surface area contributed by atoms with Crippen molar-refractivity contribution in [2.24, 2.45) is 0 Å². The molecule has 1 aromatic carbocycles. The van der Waals surface area contributed by atoms with Crippen molar-refractivity contribution in [3.05, 3.63) is 39.9 Å². The Kier molecular flexibility index (Phi) is 7.88. The number of thioether (sulfide) groups is 1. The van der Waals surface area contributed by atoms with Crippen LogP contribution in [0.3, 0.4) is 0 Å². The summed E-state index contributed by atoms with van der Waals surface area (Å²) in [6.45, 7) is 4.22. The Bertz CT molecular complexity index is 863. The molecule has 0 amide bonds. The minimum absolute atomic E-state index is 0.0261. The molecule has 28 heavy (non-hydrogen) atoms. The van der Waals surface area contributed by atoms with Crippen LogP contribution in [0.4, 0.5) is 13.2 Å². The summed E-state index contributed by atoms with van der Waals surface area (Å²) in [7, 11) is 0. The molecule has 1 aliphatic heterocycles. The Hall–Kier alpha value is -2.07. The molecule has 1 fully saturated rings. The number of halogens is 3. The van der Waals surface area contributed by atoms with Gasteiger partial charge in [-0.3, -0.25) is 4.79 Å². The fourth-order valence-electron chi connectivity index (χ4n) is 2.77. The van der Waals surface area contributed by atoms with Gasteiger partial charge in [-0.15, -0.1) is 0 Å². The largest absolute Gasteiger partial charge is 0.490 e. The van der Waals surface area contributed by atoms with E-state index in [4.69, 9.17) is 9.90 Å². The van der Waals surface area contributed by atoms with Gasteiger partial charge in [-0.25, -0.2) is 9.78 Å². The van der Waals surface area contributed by atoms with E-state index < -0.39 is 12.1 Å². The van der Waals surface area contributed by atoms with Crippen LogP contribution < -0.4 is 10.9 Å². The van der Waals surface area contributed by atoms with Gasteiger partial charge < -0.3 is 15.4 Å². The van der Waals surface area contributed by atoms with E-state index >= 15 is 0 Å². The van der Waals surface area contributed by atoms with Gasteiger partial charge in [-0.05, 0) is 50.9 Å². The van der Waals surface area contributed by atoms with Crippen molar-refractivity contribution in [3.63, 3.8) is 0 Å². The van der Waals surface area contributed by atoms with E-state index in [1.54, 1.807) is 0 Å². The quantitative estimate of drug-likeness (QED) is 0.710. The van der Waals surface area contributed by atoms with E-state index in [0.717, 1.165) is 35.7 Å². The lowest BCUT2D eigenvalue weighted by molar-refractivity contribution is -0.192. The van der Waals surface area contributed by atoms with Crippen molar-refractivity contribution in [2.45, 2.75) is 43.4 Å². The molecule has 2 heterocycles. The number of alkyl halides is 3. The first-order valence-electron chi connectivity index (χ1n) is 8.79. The van der Waals surface area contributed by atoms with Crippen LogP contribution in [0, 0.1) is 6.92 Å². The number of nitrogens with zero attached hydrogens (tertiary/aromatic N) is 1. The molecule has 0 bridgehead atoms. The maximum Gasteiger partial charge on any atom is 0.490 e. The van der Waals surface area contributed by atoms with Crippen LogP contribution in [-0.4, -0.2) is 45.6 Å². The molecule has 0 spiro atoms. The maximum atomic E-state index is 12.1. The zero-order valence-corrected chi connectivity index (χ0v) is 16.1. The Balaban J connectivity index is 0.000000345. The van der Waals surface area contributed by atoms with Crippen molar-refractivity contribution < 1.29 is 23.1 Å². The van der Waals surface area contributed by atoms with Crippen LogP contribution in [0.5, 0.6) is 0 Å². The van der Waals surface area contributed by atoms with Crippen LogP contribution >= 0.6 is 11.8 Å². The van der Waals surface area contributed by atoms with Gasteiger partial charge in [0, 0.05) is 5.25 Å². The molecule has 1 aromatic heterocycles. The Labute approximate surface area is 163 Å². The van der Waals surface area contributed by atoms with Crippen LogP contribution in [0.2, 0.25) is 0 Å². The maximum absolute atomic E-state index is 12.1. The number of aliphatic carboxylic acids is 1. The molecule has 1 unspecified atom stereocenters. The van der Waals surface area contributed by atoms with Crippen molar-refractivity contribution in [3.8, 4) is 0 Å². The molecule has 10 heteroatoms. The monoisotopic (exact) mass is 417 g/mol. The summed E-state index contributed by atoms with van der Waals surface area (Å²) in [5.41, 5.74) is 1.87. The molecular weight excluding hydrogens is 395 g/mol. The Morgan fingerprint density at radius 2 is 2.04 bits per heavy atom. The van der Waals surface area contributed by atoms with Gasteiger partial charge in [-0.2, -0.15) is 24.9 Å². The third-order valence-corrected chi connectivity index (χ3v) is 5.59. The van der Waals surface area contributed by atoms with E-state index in [0.29, 0.717) is 10.6 Å². The molecular formula is C18H22F3N3O3S. The summed E-state index contributed by atoms with van der Waals surface area (Å²) in [6.07, 6.45) is -1.41. The van der Waals surface area contributed by atoms with E-state index in [1.165, 1.54) is 19.3 Å². The number of aromatic nitrogens is 2. The number of hydrogen-bond acceptors (Lipinski definition) is 5. The van der Waals surface area contributed by atoms with Crippen molar-refractivity contribution in [1.82, 2.24) is 15.3 Å². The van der Waals surface area contributed by atoms with Crippen molar-refractivity contribution in [1.29, 1.82) is 0 Å². The second kappa shape index (κ2) is 9.92. The first-order valence-corrected chi connectivity index (χ1v) is 9.84. The third-order valence-electron chi connectivity index (χ3n) is 4.21. The molecule has 3 N–H and O–H groups in total. The number of benzene rings is 1. The number of rotatable bonds is 3. The van der Waals surface area contributed by atoms with Gasteiger partial charge in [0.15, 0.2) is 0 Å². The Morgan fingerprint density at radius 1 is 1.32 bits per heavy atom. The molecule has 0 radical (unpaired) electrons. The lowest BCUT2D eigenvalue weighted by Crippen LogP contribution is -2.21. The SMILES string of the molecule is Cc1cccc2c(=O)[nH]c(CSC3CCCNCC3)nc12.O=C(O)C(F)(F)F. The number of carboxylic acids is 1. The molecule has 1 aliphatic rings. The van der Waals surface area contributed by atoms with Gasteiger partial charge in [0.25, 0.3) is 5.56 Å². The highest BCUT2D eigenvalue weighted by atomic mass is 32.2. The predicted octanol–water partition coefficient (Wildman–Crippen LogP) is 3.24. The van der Waals surface area contributed by atoms with Gasteiger partial charge in [-0.1, -0.05) is 12.1 Å². The highest BCUT2D eigenvalue weighted by Crippen LogP contribution is 2.24. The topological polar surface area (TPSA) is 95.1 Å². The molecule has 0 aliphatic carbocycles. The number of para-hydroxylation sites is 1. The van der Waals surface area contributed by atoms with Crippen LogP contribution in [0.15, 0.2) is 23.0 Å². The zero-order chi connectivity index (χ0) is 20.7. The lowest BCUT2D eigenvalue weighted by Gasteiger charge is -2.13. The molecule has 3 rings (SSSR count). The van der Waals surface area contributed by atoms with Crippen LogP contribution in [0.1, 0.15) is 30.7 Å². The average molecular weight is 417 g/mol. The number of aryl methyl sites for hydroxylation is 1. The number of nitrogens with one attached hydrogen (secondary N) is 2. The minimum atomic E-state index is -5.08. The summed E-state index contributed by atoms with van der Waals surface area (Å²) in [6, 6.07) is 5.74. The van der Waals surface area contributed by atoms with E-state index in [9.17, 15) is 18.0 Å². The smallest absolute Gasteiger partial charge is 0.475 e. The van der Waals surface area contributed by atoms with Gasteiger partial charge >= 0.3 is 12.1 Å². The molecule has 0 saturated carbocycles. The lowest BCUT2D eigenvalue weighted by atomic mass is 10.1. The van der Waals surface area contributed by atoms with E-state index in [1.807, 2.05) is 36.9 Å². The van der Waals surface area contributed by atoms with Gasteiger partial charge in [0.2, 0.25) is 0 Å². The van der Waals surface area contributed by atoms with Gasteiger partial charge in [0.05, 0.1) is 16.7 Å². The summed E-state index contributed by atoms with van der Waals surface area (Å²) >= 11 is 1.91. The summed E-state index contributed by atoms with van der Waals surface area (Å²) in [5.74, 6) is -1.18. The normalized spacial score (nSPS) is 17.5. The molecule has 1 saturated heterocycles. The number of fused-ring (bicyclic) bond motifs is 1. The molecule has 1 atom stereocenters. The molecule has 6 nitrogen and oxygen atoms in total. The number of H-pyrrole nitrogens is 1. The van der Waals surface area contributed by atoms with Crippen molar-refractivity contribution >= 4 is 28.6 Å². The standard InChI is InChI=1S/C16H21N3OS.C2HF3O2/c1-11-4-2-6-13-15(11)18-14(19-16(13)20)10-21-12-5-3-8-17-9-7-12;3-2(4,5)1(6)7/h2,4,6,12,17H,3,5,7-10H2,1H3,(H,18,19,20);(H,6,7). The second-order valence-electron chi connectivity index (χ2n) is 6.40. The fraction of sp³-hybridized carbons (Fsp3) is 0.500. The second-order valence-corrected chi connectivity index (χ2v) is 7.69. The minimum Gasteiger partial charge on any atom is -0.475 e. The molecule has 154 valence electrons.